The van der Waals surface area contributed by atoms with Gasteiger partial charge in [-0.05, 0) is 12.5 Å². The molecule has 0 radical (unpaired) electrons. The Morgan fingerprint density at radius 3 is 2.45 bits per heavy atom. The molecule has 0 aliphatic rings. The molecule has 1 rings (SSSR count). The first kappa shape index (κ1) is 15.9. The van der Waals surface area contributed by atoms with Crippen LogP contribution in [-0.2, 0) is 25.6 Å². The van der Waals surface area contributed by atoms with E-state index in [2.05, 4.69) is 0 Å². The molecule has 0 saturated heterocycles. The summed E-state index contributed by atoms with van der Waals surface area (Å²) < 4.78 is 4.90. The molecule has 5 nitrogen and oxygen atoms in total. The van der Waals surface area contributed by atoms with Crippen LogP contribution in [0, 0.1) is 0 Å². The van der Waals surface area contributed by atoms with E-state index < -0.39 is 5.97 Å². The van der Waals surface area contributed by atoms with Crippen LogP contribution in [0.1, 0.15) is 12.5 Å². The van der Waals surface area contributed by atoms with Crippen molar-refractivity contribution in [3.8, 4) is 0 Å². The molecular weight excluding hydrogens is 258 g/mol. The van der Waals surface area contributed by atoms with Crippen molar-refractivity contribution in [2.24, 2.45) is 0 Å². The number of ether oxygens (including phenoxy) is 1. The van der Waals surface area contributed by atoms with Gasteiger partial charge >= 0.3 is 5.97 Å². The average Bonchev–Trinajstić information content (AvgIpc) is 2.45. The lowest BCUT2D eigenvalue weighted by molar-refractivity contribution is -0.150. The molecule has 0 fully saturated rings. The van der Waals surface area contributed by atoms with Gasteiger partial charge in [-0.3, -0.25) is 14.7 Å². The number of ketones is 1. The molecule has 0 spiro atoms. The SMILES string of the molecule is CCOC(=O)/C(=C\C(=O)Cc1ccccc1)N(C)OC. The van der Waals surface area contributed by atoms with Crippen LogP contribution >= 0.6 is 0 Å². The van der Waals surface area contributed by atoms with Gasteiger partial charge in [-0.2, -0.15) is 0 Å². The minimum Gasteiger partial charge on any atom is -0.461 e. The summed E-state index contributed by atoms with van der Waals surface area (Å²) in [6.07, 6.45) is 1.47. The van der Waals surface area contributed by atoms with Crippen LogP contribution in [0.5, 0.6) is 0 Å². The van der Waals surface area contributed by atoms with E-state index in [1.807, 2.05) is 30.3 Å². The smallest absolute Gasteiger partial charge is 0.357 e. The Bertz CT molecular complexity index is 482. The van der Waals surface area contributed by atoms with Crippen LogP contribution in [-0.4, -0.2) is 37.6 Å². The highest BCUT2D eigenvalue weighted by atomic mass is 16.7. The van der Waals surface area contributed by atoms with Gasteiger partial charge in [0.1, 0.15) is 0 Å². The summed E-state index contributed by atoms with van der Waals surface area (Å²) in [6, 6.07) is 9.32. The molecule has 5 heteroatoms. The molecule has 0 saturated carbocycles. The number of allylic oxidation sites excluding steroid dienone is 1. The number of nitrogens with zero attached hydrogens (tertiary/aromatic N) is 1. The standard InChI is InChI=1S/C15H19NO4/c1-4-20-15(18)14(16(2)19-3)11-13(17)10-12-8-6-5-7-9-12/h5-9,11H,4,10H2,1-3H3/b14-11+. The molecule has 0 amide bonds. The van der Waals surface area contributed by atoms with Gasteiger partial charge in [0.25, 0.3) is 0 Å². The summed E-state index contributed by atoms with van der Waals surface area (Å²) in [5, 5.41) is 1.21. The molecule has 1 aromatic rings. The second kappa shape index (κ2) is 8.12. The van der Waals surface area contributed by atoms with Crippen LogP contribution in [0.15, 0.2) is 42.1 Å². The second-order valence-electron chi connectivity index (χ2n) is 4.06. The molecule has 0 bridgehead atoms. The molecule has 108 valence electrons. The van der Waals surface area contributed by atoms with Gasteiger partial charge in [-0.15, -0.1) is 0 Å². The van der Waals surface area contributed by atoms with Crippen molar-refractivity contribution in [1.82, 2.24) is 5.06 Å². The van der Waals surface area contributed by atoms with E-state index >= 15 is 0 Å². The Labute approximate surface area is 118 Å². The average molecular weight is 277 g/mol. The number of hydroxylamine groups is 2. The number of hydrogen-bond donors (Lipinski definition) is 0. The molecule has 1 aromatic carbocycles. The Balaban J connectivity index is 2.84. The molecule has 0 N–H and O–H groups in total. The Kier molecular flexibility index (Phi) is 6.46. The van der Waals surface area contributed by atoms with Crippen molar-refractivity contribution in [1.29, 1.82) is 0 Å². The number of likely N-dealkylation sites (N-methyl/N-ethyl adjacent to an activating group) is 1. The highest BCUT2D eigenvalue weighted by Gasteiger charge is 2.17. The number of carbonyl (C=O) groups is 2. The van der Waals surface area contributed by atoms with Crippen molar-refractivity contribution in [3.63, 3.8) is 0 Å². The summed E-state index contributed by atoms with van der Waals surface area (Å²) in [6.45, 7) is 1.94. The van der Waals surface area contributed by atoms with Crippen molar-refractivity contribution in [2.45, 2.75) is 13.3 Å². The molecular formula is C15H19NO4. The van der Waals surface area contributed by atoms with E-state index in [1.165, 1.54) is 18.2 Å². The van der Waals surface area contributed by atoms with Gasteiger partial charge in [0, 0.05) is 19.5 Å². The van der Waals surface area contributed by atoms with Crippen LogP contribution in [0.25, 0.3) is 0 Å². The number of carbonyl (C=O) groups excluding carboxylic acids is 2. The third-order valence-corrected chi connectivity index (χ3v) is 2.62. The number of esters is 1. The first-order chi connectivity index (χ1) is 9.58. The predicted molar refractivity (Wildman–Crippen MR) is 74.6 cm³/mol. The lowest BCUT2D eigenvalue weighted by Gasteiger charge is -2.17. The lowest BCUT2D eigenvalue weighted by atomic mass is 10.1. The maximum Gasteiger partial charge on any atom is 0.357 e. The summed E-state index contributed by atoms with van der Waals surface area (Å²) in [4.78, 5) is 28.7. The van der Waals surface area contributed by atoms with Crippen molar-refractivity contribution < 1.29 is 19.2 Å². The van der Waals surface area contributed by atoms with E-state index in [4.69, 9.17) is 9.57 Å². The summed E-state index contributed by atoms with van der Waals surface area (Å²) in [5.41, 5.74) is 0.965. The first-order valence-electron chi connectivity index (χ1n) is 6.31. The zero-order chi connectivity index (χ0) is 15.0. The molecule has 20 heavy (non-hydrogen) atoms. The van der Waals surface area contributed by atoms with Gasteiger partial charge in [-0.25, -0.2) is 4.79 Å². The van der Waals surface area contributed by atoms with Crippen LogP contribution in [0.3, 0.4) is 0 Å². The van der Waals surface area contributed by atoms with Crippen molar-refractivity contribution >= 4 is 11.8 Å². The minimum absolute atomic E-state index is 0.0790. The normalized spacial score (nSPS) is 11.1. The molecule has 0 aliphatic carbocycles. The van der Waals surface area contributed by atoms with Crippen LogP contribution in [0.4, 0.5) is 0 Å². The maximum absolute atomic E-state index is 12.0. The van der Waals surface area contributed by atoms with E-state index in [0.717, 1.165) is 5.56 Å². The van der Waals surface area contributed by atoms with E-state index in [0.29, 0.717) is 0 Å². The predicted octanol–water partition coefficient (Wildman–Crippen LogP) is 1.74. The van der Waals surface area contributed by atoms with Gasteiger partial charge in [0.15, 0.2) is 11.5 Å². The fraction of sp³-hybridized carbons (Fsp3) is 0.333. The molecule has 0 heterocycles. The van der Waals surface area contributed by atoms with E-state index in [1.54, 1.807) is 14.0 Å². The molecule has 0 unspecified atom stereocenters. The molecule has 0 atom stereocenters. The highest BCUT2D eigenvalue weighted by molar-refractivity contribution is 5.99. The summed E-state index contributed by atoms with van der Waals surface area (Å²) in [7, 11) is 2.95. The fourth-order valence-electron chi connectivity index (χ4n) is 1.58. The lowest BCUT2D eigenvalue weighted by Crippen LogP contribution is -2.25. The third kappa shape index (κ3) is 4.85. The maximum atomic E-state index is 12.0. The van der Waals surface area contributed by atoms with E-state index in [-0.39, 0.29) is 24.5 Å². The first-order valence-corrected chi connectivity index (χ1v) is 6.31. The van der Waals surface area contributed by atoms with Gasteiger partial charge in [0.05, 0.1) is 13.7 Å². The zero-order valence-corrected chi connectivity index (χ0v) is 12.0. The molecule has 0 aromatic heterocycles. The number of hydrogen-bond acceptors (Lipinski definition) is 5. The largest absolute Gasteiger partial charge is 0.461 e. The minimum atomic E-state index is -0.585. The summed E-state index contributed by atoms with van der Waals surface area (Å²) in [5.74, 6) is -0.776. The number of rotatable bonds is 7. The van der Waals surface area contributed by atoms with E-state index in [9.17, 15) is 9.59 Å². The third-order valence-electron chi connectivity index (χ3n) is 2.62. The zero-order valence-electron chi connectivity index (χ0n) is 12.0. The van der Waals surface area contributed by atoms with Crippen LogP contribution < -0.4 is 0 Å². The van der Waals surface area contributed by atoms with Crippen LogP contribution in [0.2, 0.25) is 0 Å². The Morgan fingerprint density at radius 1 is 1.25 bits per heavy atom. The quantitative estimate of drug-likeness (QED) is 0.431. The van der Waals surface area contributed by atoms with Gasteiger partial charge in [-0.1, -0.05) is 30.3 Å². The Morgan fingerprint density at radius 2 is 1.90 bits per heavy atom. The fourth-order valence-corrected chi connectivity index (χ4v) is 1.58. The van der Waals surface area contributed by atoms with Crippen molar-refractivity contribution in [3.05, 3.63) is 47.7 Å². The molecule has 0 aliphatic heterocycles. The number of benzene rings is 1. The van der Waals surface area contributed by atoms with Gasteiger partial charge < -0.3 is 4.74 Å². The van der Waals surface area contributed by atoms with Crippen molar-refractivity contribution in [2.75, 3.05) is 20.8 Å². The topological polar surface area (TPSA) is 55.8 Å². The second-order valence-corrected chi connectivity index (χ2v) is 4.06. The Hall–Kier alpha value is -2.14. The monoisotopic (exact) mass is 277 g/mol. The summed E-state index contributed by atoms with van der Waals surface area (Å²) >= 11 is 0. The van der Waals surface area contributed by atoms with Gasteiger partial charge in [0.2, 0.25) is 0 Å². The highest BCUT2D eigenvalue weighted by Crippen LogP contribution is 2.07.